The Bertz CT molecular complexity index is 325. The van der Waals surface area contributed by atoms with Crippen molar-refractivity contribution in [3.63, 3.8) is 0 Å². The van der Waals surface area contributed by atoms with E-state index in [-0.39, 0.29) is 5.91 Å². The van der Waals surface area contributed by atoms with Gasteiger partial charge in [0.1, 0.15) is 5.92 Å². The lowest BCUT2D eigenvalue weighted by Crippen LogP contribution is -2.29. The Labute approximate surface area is 82.2 Å². The van der Waals surface area contributed by atoms with Crippen LogP contribution in [-0.4, -0.2) is 15.9 Å². The van der Waals surface area contributed by atoms with Gasteiger partial charge in [-0.15, -0.1) is 0 Å². The Balaban J connectivity index is 2.39. The predicted octanol–water partition coefficient (Wildman–Crippen LogP) is 0.576. The van der Waals surface area contributed by atoms with Crippen LogP contribution < -0.4 is 5.32 Å². The quantitative estimate of drug-likeness (QED) is 0.731. The van der Waals surface area contributed by atoms with Crippen LogP contribution in [0.5, 0.6) is 0 Å². The molecule has 1 heterocycles. The Morgan fingerprint density at radius 3 is 3.14 bits per heavy atom. The predicted molar refractivity (Wildman–Crippen MR) is 49.8 cm³/mol. The molecular formula is C9H12N4O. The number of nitrogens with one attached hydrogen (secondary N) is 2. The highest BCUT2D eigenvalue weighted by atomic mass is 16.1. The van der Waals surface area contributed by atoms with Crippen molar-refractivity contribution in [2.75, 3.05) is 0 Å². The van der Waals surface area contributed by atoms with Gasteiger partial charge >= 0.3 is 0 Å². The third-order valence-corrected chi connectivity index (χ3v) is 1.89. The number of imidazole rings is 1. The number of aromatic nitrogens is 2. The van der Waals surface area contributed by atoms with Gasteiger partial charge in [-0.05, 0) is 6.42 Å². The summed E-state index contributed by atoms with van der Waals surface area (Å²) in [5, 5.41) is 11.3. The molecule has 1 rings (SSSR count). The lowest BCUT2D eigenvalue weighted by atomic mass is 10.1. The molecule has 14 heavy (non-hydrogen) atoms. The Morgan fingerprint density at radius 1 is 1.86 bits per heavy atom. The van der Waals surface area contributed by atoms with E-state index in [1.54, 1.807) is 12.5 Å². The number of nitriles is 1. The average molecular weight is 192 g/mol. The fraction of sp³-hybridized carbons (Fsp3) is 0.444. The maximum absolute atomic E-state index is 11.3. The molecule has 0 fully saturated rings. The molecule has 5 nitrogen and oxygen atoms in total. The van der Waals surface area contributed by atoms with Crippen molar-refractivity contribution in [2.24, 2.45) is 5.92 Å². The van der Waals surface area contributed by atoms with Gasteiger partial charge in [0.2, 0.25) is 5.91 Å². The van der Waals surface area contributed by atoms with Crippen molar-refractivity contribution in [1.82, 2.24) is 15.3 Å². The summed E-state index contributed by atoms with van der Waals surface area (Å²) < 4.78 is 0. The molecule has 0 spiro atoms. The summed E-state index contributed by atoms with van der Waals surface area (Å²) in [6.45, 7) is 2.20. The first-order valence-electron chi connectivity index (χ1n) is 4.42. The highest BCUT2D eigenvalue weighted by Crippen LogP contribution is 2.00. The molecule has 0 bridgehead atoms. The summed E-state index contributed by atoms with van der Waals surface area (Å²) in [6.07, 6.45) is 3.71. The Morgan fingerprint density at radius 2 is 2.64 bits per heavy atom. The molecule has 1 amide bonds. The van der Waals surface area contributed by atoms with Gasteiger partial charge in [0, 0.05) is 6.20 Å². The molecule has 2 N–H and O–H groups in total. The Kier molecular flexibility index (Phi) is 3.68. The molecule has 0 aromatic carbocycles. The van der Waals surface area contributed by atoms with Crippen molar-refractivity contribution in [3.8, 4) is 6.07 Å². The summed E-state index contributed by atoms with van der Waals surface area (Å²) in [4.78, 5) is 18.0. The maximum Gasteiger partial charge on any atom is 0.237 e. The molecule has 1 unspecified atom stereocenters. The maximum atomic E-state index is 11.3. The van der Waals surface area contributed by atoms with Crippen LogP contribution in [0, 0.1) is 17.2 Å². The largest absolute Gasteiger partial charge is 0.349 e. The number of carbonyl (C=O) groups excluding carboxylic acids is 1. The van der Waals surface area contributed by atoms with Crippen molar-refractivity contribution in [3.05, 3.63) is 18.2 Å². The molecule has 1 aromatic heterocycles. The normalized spacial score (nSPS) is 11.7. The minimum absolute atomic E-state index is 0.232. The van der Waals surface area contributed by atoms with Gasteiger partial charge in [-0.25, -0.2) is 4.98 Å². The smallest absolute Gasteiger partial charge is 0.237 e. The van der Waals surface area contributed by atoms with Gasteiger partial charge in [-0.2, -0.15) is 5.26 Å². The van der Waals surface area contributed by atoms with Gasteiger partial charge in [0.05, 0.1) is 24.6 Å². The molecule has 1 atom stereocenters. The van der Waals surface area contributed by atoms with Crippen LogP contribution in [0.2, 0.25) is 0 Å². The number of hydrogen-bond donors (Lipinski definition) is 2. The molecule has 1 aromatic rings. The first kappa shape index (κ1) is 10.3. The van der Waals surface area contributed by atoms with E-state index in [4.69, 9.17) is 5.26 Å². The van der Waals surface area contributed by atoms with E-state index < -0.39 is 5.92 Å². The average Bonchev–Trinajstić information content (AvgIpc) is 2.69. The van der Waals surface area contributed by atoms with Crippen LogP contribution in [-0.2, 0) is 11.3 Å². The zero-order chi connectivity index (χ0) is 10.4. The van der Waals surface area contributed by atoms with Crippen LogP contribution in [0.25, 0.3) is 0 Å². The highest BCUT2D eigenvalue weighted by Gasteiger charge is 2.14. The molecule has 5 heteroatoms. The second-order valence-corrected chi connectivity index (χ2v) is 2.88. The van der Waals surface area contributed by atoms with Crippen molar-refractivity contribution in [2.45, 2.75) is 19.9 Å². The van der Waals surface area contributed by atoms with Crippen molar-refractivity contribution in [1.29, 1.82) is 5.26 Å². The molecule has 0 aliphatic carbocycles. The fourth-order valence-corrected chi connectivity index (χ4v) is 1.02. The first-order chi connectivity index (χ1) is 6.77. The zero-order valence-corrected chi connectivity index (χ0v) is 7.95. The second kappa shape index (κ2) is 5.02. The van der Waals surface area contributed by atoms with Gasteiger partial charge in [0.15, 0.2) is 0 Å². The Hall–Kier alpha value is -1.83. The van der Waals surface area contributed by atoms with Gasteiger partial charge in [-0.1, -0.05) is 6.92 Å². The summed E-state index contributed by atoms with van der Waals surface area (Å²) in [7, 11) is 0. The van der Waals surface area contributed by atoms with Crippen molar-refractivity contribution >= 4 is 5.91 Å². The van der Waals surface area contributed by atoms with E-state index in [0.29, 0.717) is 13.0 Å². The van der Waals surface area contributed by atoms with Crippen LogP contribution in [0.1, 0.15) is 19.0 Å². The minimum Gasteiger partial charge on any atom is -0.349 e. The number of H-pyrrole nitrogens is 1. The van der Waals surface area contributed by atoms with E-state index >= 15 is 0 Å². The molecule has 74 valence electrons. The molecular weight excluding hydrogens is 180 g/mol. The van der Waals surface area contributed by atoms with Gasteiger partial charge in [-0.3, -0.25) is 4.79 Å². The number of aromatic amines is 1. The van der Waals surface area contributed by atoms with E-state index in [2.05, 4.69) is 15.3 Å². The van der Waals surface area contributed by atoms with Gasteiger partial charge in [0.25, 0.3) is 0 Å². The third-order valence-electron chi connectivity index (χ3n) is 1.89. The SMILES string of the molecule is CCC(C#N)C(=O)NCc1cnc[nH]1. The van der Waals surface area contributed by atoms with Crippen molar-refractivity contribution < 1.29 is 4.79 Å². The van der Waals surface area contributed by atoms with Gasteiger partial charge < -0.3 is 10.3 Å². The number of hydrogen-bond acceptors (Lipinski definition) is 3. The number of amides is 1. The lowest BCUT2D eigenvalue weighted by Gasteiger charge is -2.06. The molecule has 0 radical (unpaired) electrons. The number of nitrogens with zero attached hydrogens (tertiary/aromatic N) is 2. The fourth-order valence-electron chi connectivity index (χ4n) is 1.02. The number of rotatable bonds is 4. The molecule has 0 aliphatic heterocycles. The molecule has 0 saturated carbocycles. The summed E-state index contributed by atoms with van der Waals surface area (Å²) in [5.41, 5.74) is 0.825. The van der Waals surface area contributed by atoms with Crippen LogP contribution in [0.15, 0.2) is 12.5 Å². The minimum atomic E-state index is -0.557. The summed E-state index contributed by atoms with van der Waals surface area (Å²) in [5.74, 6) is -0.789. The second-order valence-electron chi connectivity index (χ2n) is 2.88. The van der Waals surface area contributed by atoms with Crippen LogP contribution in [0.3, 0.4) is 0 Å². The summed E-state index contributed by atoms with van der Waals surface area (Å²) >= 11 is 0. The van der Waals surface area contributed by atoms with E-state index in [1.165, 1.54) is 0 Å². The summed E-state index contributed by atoms with van der Waals surface area (Å²) in [6, 6.07) is 1.94. The molecule has 0 saturated heterocycles. The standard InChI is InChI=1S/C9H12N4O/c1-2-7(3-10)9(14)12-5-8-4-11-6-13-8/h4,6-7H,2,5H2,1H3,(H,11,13)(H,12,14). The van der Waals surface area contributed by atoms with E-state index in [0.717, 1.165) is 5.69 Å². The van der Waals surface area contributed by atoms with E-state index in [9.17, 15) is 4.79 Å². The zero-order valence-electron chi connectivity index (χ0n) is 7.95. The topological polar surface area (TPSA) is 81.6 Å². The lowest BCUT2D eigenvalue weighted by molar-refractivity contribution is -0.123. The first-order valence-corrected chi connectivity index (χ1v) is 4.42. The molecule has 0 aliphatic rings. The number of carbonyl (C=O) groups is 1. The van der Waals surface area contributed by atoms with E-state index in [1.807, 2.05) is 13.0 Å². The van der Waals surface area contributed by atoms with Crippen LogP contribution in [0.4, 0.5) is 0 Å². The monoisotopic (exact) mass is 192 g/mol. The van der Waals surface area contributed by atoms with Crippen LogP contribution >= 0.6 is 0 Å². The third kappa shape index (κ3) is 2.59. The highest BCUT2D eigenvalue weighted by molar-refractivity contribution is 5.80.